The molecule has 0 saturated carbocycles. The summed E-state index contributed by atoms with van der Waals surface area (Å²) < 4.78 is 5.52. The first-order valence-electron chi connectivity index (χ1n) is 10.3. The number of para-hydroxylation sites is 1. The maximum atomic E-state index is 13.3. The number of rotatable bonds is 5. The van der Waals surface area contributed by atoms with Crippen LogP contribution in [0.5, 0.6) is 5.75 Å². The number of ketones is 1. The van der Waals surface area contributed by atoms with Crippen LogP contribution >= 0.6 is 0 Å². The predicted molar refractivity (Wildman–Crippen MR) is 117 cm³/mol. The molecule has 1 amide bonds. The number of ether oxygens (including phenoxy) is 1. The van der Waals surface area contributed by atoms with Crippen molar-refractivity contribution >= 4 is 11.9 Å². The topological polar surface area (TPSA) is 46.6 Å². The molecule has 0 aromatic heterocycles. The summed E-state index contributed by atoms with van der Waals surface area (Å²) in [5.41, 5.74) is 2.98. The number of hydrogen-bond donors (Lipinski definition) is 0. The summed E-state index contributed by atoms with van der Waals surface area (Å²) in [6.07, 6.45) is 0.344. The number of nitrogens with zero attached hydrogens (tertiary/aromatic N) is 1. The lowest BCUT2D eigenvalue weighted by molar-refractivity contribution is 0.0898. The second-order valence-electron chi connectivity index (χ2n) is 7.87. The van der Waals surface area contributed by atoms with E-state index in [9.17, 15) is 9.59 Å². The van der Waals surface area contributed by atoms with Crippen LogP contribution in [-0.2, 0) is 6.42 Å². The number of Topliss-reactive ketones (excluding diaryl/α,β-unsaturated/α-hetero) is 1. The lowest BCUT2D eigenvalue weighted by atomic mass is 9.84. The minimum atomic E-state index is -0.404. The Balaban J connectivity index is 1.54. The van der Waals surface area contributed by atoms with Crippen LogP contribution in [0.1, 0.15) is 21.5 Å². The minimum Gasteiger partial charge on any atom is -0.410 e. The standard InChI is InChI=1S/C26H25NO3/c1-19-12-14-21(15-13-19)25(28)24-18-27(26(29)30-23-10-6-3-7-11-23)17-22(24)16-20-8-4-2-5-9-20/h2-15,22,24H,16-18H2,1H3/t22-,24-/m1/s1. The summed E-state index contributed by atoms with van der Waals surface area (Å²) >= 11 is 0. The lowest BCUT2D eigenvalue weighted by Crippen LogP contribution is -2.32. The van der Waals surface area contributed by atoms with E-state index in [0.29, 0.717) is 24.4 Å². The third kappa shape index (κ3) is 4.60. The fourth-order valence-corrected chi connectivity index (χ4v) is 4.03. The van der Waals surface area contributed by atoms with E-state index in [2.05, 4.69) is 12.1 Å². The number of likely N-dealkylation sites (tertiary alicyclic amines) is 1. The van der Waals surface area contributed by atoms with Gasteiger partial charge in [0.2, 0.25) is 0 Å². The molecule has 0 bridgehead atoms. The summed E-state index contributed by atoms with van der Waals surface area (Å²) in [7, 11) is 0. The van der Waals surface area contributed by atoms with Gasteiger partial charge >= 0.3 is 6.09 Å². The number of hydrogen-bond acceptors (Lipinski definition) is 3. The molecule has 3 aromatic carbocycles. The first-order chi connectivity index (χ1) is 14.6. The molecule has 1 aliphatic rings. The predicted octanol–water partition coefficient (Wildman–Crippen LogP) is 5.17. The normalized spacial score (nSPS) is 18.2. The number of benzene rings is 3. The van der Waals surface area contributed by atoms with Gasteiger partial charge in [0.15, 0.2) is 5.78 Å². The minimum absolute atomic E-state index is 0.0459. The van der Waals surface area contributed by atoms with Gasteiger partial charge in [-0.05, 0) is 37.0 Å². The quantitative estimate of drug-likeness (QED) is 0.556. The number of amides is 1. The van der Waals surface area contributed by atoms with E-state index >= 15 is 0 Å². The Morgan fingerprint density at radius 1 is 0.867 bits per heavy atom. The highest BCUT2D eigenvalue weighted by Crippen LogP contribution is 2.30. The van der Waals surface area contributed by atoms with Crippen LogP contribution in [0.25, 0.3) is 0 Å². The Morgan fingerprint density at radius 3 is 2.17 bits per heavy atom. The molecule has 4 rings (SSSR count). The highest BCUT2D eigenvalue weighted by atomic mass is 16.6. The molecule has 1 fully saturated rings. The van der Waals surface area contributed by atoms with Gasteiger partial charge in [0.25, 0.3) is 0 Å². The molecule has 0 aliphatic carbocycles. The van der Waals surface area contributed by atoms with E-state index in [0.717, 1.165) is 12.0 Å². The SMILES string of the molecule is Cc1ccc(C(=O)[C@@H]2CN(C(=O)Oc3ccccc3)C[C@H]2Cc2ccccc2)cc1. The zero-order valence-corrected chi connectivity index (χ0v) is 17.0. The fraction of sp³-hybridized carbons (Fsp3) is 0.231. The monoisotopic (exact) mass is 399 g/mol. The van der Waals surface area contributed by atoms with Gasteiger partial charge in [-0.1, -0.05) is 78.4 Å². The molecule has 3 aromatic rings. The number of carbonyl (C=O) groups is 2. The van der Waals surface area contributed by atoms with E-state index in [4.69, 9.17) is 4.74 Å². The molecule has 1 aliphatic heterocycles. The van der Waals surface area contributed by atoms with Crippen molar-refractivity contribution < 1.29 is 14.3 Å². The molecule has 4 nitrogen and oxygen atoms in total. The van der Waals surface area contributed by atoms with E-state index in [-0.39, 0.29) is 17.6 Å². The number of carbonyl (C=O) groups excluding carboxylic acids is 2. The van der Waals surface area contributed by atoms with Gasteiger partial charge in [-0.3, -0.25) is 4.79 Å². The van der Waals surface area contributed by atoms with Crippen LogP contribution < -0.4 is 4.74 Å². The molecular formula is C26H25NO3. The van der Waals surface area contributed by atoms with Gasteiger partial charge in [-0.15, -0.1) is 0 Å². The largest absolute Gasteiger partial charge is 0.415 e. The van der Waals surface area contributed by atoms with Crippen molar-refractivity contribution in [1.82, 2.24) is 4.90 Å². The van der Waals surface area contributed by atoms with Crippen molar-refractivity contribution in [2.24, 2.45) is 11.8 Å². The van der Waals surface area contributed by atoms with E-state index < -0.39 is 6.09 Å². The molecule has 0 spiro atoms. The summed E-state index contributed by atoms with van der Waals surface area (Å²) in [6, 6.07) is 26.8. The summed E-state index contributed by atoms with van der Waals surface area (Å²) in [5.74, 6) is 0.391. The second-order valence-corrected chi connectivity index (χ2v) is 7.87. The van der Waals surface area contributed by atoms with Crippen molar-refractivity contribution in [3.8, 4) is 5.75 Å². The summed E-state index contributed by atoms with van der Waals surface area (Å²) in [4.78, 5) is 27.7. The molecule has 4 heteroatoms. The van der Waals surface area contributed by atoms with Crippen LogP contribution in [0, 0.1) is 18.8 Å². The molecule has 1 saturated heterocycles. The Hall–Kier alpha value is -3.40. The highest BCUT2D eigenvalue weighted by Gasteiger charge is 2.40. The van der Waals surface area contributed by atoms with Gasteiger partial charge in [0.05, 0.1) is 0 Å². The first kappa shape index (κ1) is 19.9. The molecule has 2 atom stereocenters. The van der Waals surface area contributed by atoms with Gasteiger partial charge in [0.1, 0.15) is 5.75 Å². The van der Waals surface area contributed by atoms with Crippen LogP contribution in [0.15, 0.2) is 84.9 Å². The van der Waals surface area contributed by atoms with Crippen LogP contribution in [0.4, 0.5) is 4.79 Å². The maximum Gasteiger partial charge on any atom is 0.415 e. The molecular weight excluding hydrogens is 374 g/mol. The van der Waals surface area contributed by atoms with E-state index in [1.165, 1.54) is 5.56 Å². The summed E-state index contributed by atoms with van der Waals surface area (Å²) in [5, 5.41) is 0. The van der Waals surface area contributed by atoms with Crippen LogP contribution in [-0.4, -0.2) is 29.9 Å². The van der Waals surface area contributed by atoms with Gasteiger partial charge in [0, 0.05) is 24.6 Å². The number of aryl methyl sites for hydroxylation is 1. The lowest BCUT2D eigenvalue weighted by Gasteiger charge is -2.17. The van der Waals surface area contributed by atoms with Gasteiger partial charge in [-0.2, -0.15) is 0 Å². The Kier molecular flexibility index (Phi) is 5.94. The zero-order valence-electron chi connectivity index (χ0n) is 17.0. The van der Waals surface area contributed by atoms with Crippen molar-refractivity contribution in [1.29, 1.82) is 0 Å². The fourth-order valence-electron chi connectivity index (χ4n) is 4.03. The molecule has 30 heavy (non-hydrogen) atoms. The Morgan fingerprint density at radius 2 is 1.50 bits per heavy atom. The Labute approximate surface area is 177 Å². The molecule has 0 N–H and O–H groups in total. The van der Waals surface area contributed by atoms with Crippen molar-refractivity contribution in [3.63, 3.8) is 0 Å². The van der Waals surface area contributed by atoms with Crippen molar-refractivity contribution in [2.45, 2.75) is 13.3 Å². The summed E-state index contributed by atoms with van der Waals surface area (Å²) in [6.45, 7) is 2.88. The van der Waals surface area contributed by atoms with Gasteiger partial charge in [-0.25, -0.2) is 4.79 Å². The third-order valence-corrected chi connectivity index (χ3v) is 5.66. The van der Waals surface area contributed by atoms with Crippen molar-refractivity contribution in [2.75, 3.05) is 13.1 Å². The molecule has 0 radical (unpaired) electrons. The first-order valence-corrected chi connectivity index (χ1v) is 10.3. The molecule has 1 heterocycles. The second kappa shape index (κ2) is 8.95. The average Bonchev–Trinajstić information content (AvgIpc) is 3.19. The molecule has 152 valence electrons. The van der Waals surface area contributed by atoms with Crippen LogP contribution in [0.3, 0.4) is 0 Å². The smallest absolute Gasteiger partial charge is 0.410 e. The van der Waals surface area contributed by atoms with Crippen LogP contribution in [0.2, 0.25) is 0 Å². The van der Waals surface area contributed by atoms with Gasteiger partial charge < -0.3 is 9.64 Å². The van der Waals surface area contributed by atoms with Crippen molar-refractivity contribution in [3.05, 3.63) is 102 Å². The zero-order chi connectivity index (χ0) is 20.9. The molecule has 0 unspecified atom stereocenters. The van der Waals surface area contributed by atoms with E-state index in [1.54, 1.807) is 17.0 Å². The highest BCUT2D eigenvalue weighted by molar-refractivity contribution is 5.98. The third-order valence-electron chi connectivity index (χ3n) is 5.66. The maximum absolute atomic E-state index is 13.3. The Bertz CT molecular complexity index is 999. The van der Waals surface area contributed by atoms with E-state index in [1.807, 2.05) is 67.6 Å². The average molecular weight is 399 g/mol.